The highest BCUT2D eigenvalue weighted by atomic mass is 14.9. The Hall–Kier alpha value is -1.02. The van der Waals surface area contributed by atoms with Crippen LogP contribution < -0.4 is 11.1 Å². The molecule has 0 aliphatic rings. The van der Waals surface area contributed by atoms with Crippen molar-refractivity contribution in [3.63, 3.8) is 0 Å². The van der Waals surface area contributed by atoms with E-state index in [9.17, 15) is 0 Å². The zero-order chi connectivity index (χ0) is 8.81. The van der Waals surface area contributed by atoms with Crippen LogP contribution in [0, 0.1) is 5.92 Å². The Morgan fingerprint density at radius 3 is 2.58 bits per heavy atom. The number of hydrogen-bond donors (Lipinski definition) is 1. The van der Waals surface area contributed by atoms with E-state index in [2.05, 4.69) is 12.2 Å². The number of nitrogens with one attached hydrogen (secondary N) is 2. The van der Waals surface area contributed by atoms with Crippen LogP contribution in [0.15, 0.2) is 30.3 Å². The predicted octanol–water partition coefficient (Wildman–Crippen LogP) is 2.02. The van der Waals surface area contributed by atoms with E-state index in [1.165, 1.54) is 0 Å². The number of rotatable bonds is 4. The zero-order valence-electron chi connectivity index (χ0n) is 7.38. The van der Waals surface area contributed by atoms with Crippen LogP contribution >= 0.6 is 0 Å². The monoisotopic (exact) mass is 163 g/mol. The van der Waals surface area contributed by atoms with Crippen molar-refractivity contribution in [3.8, 4) is 0 Å². The van der Waals surface area contributed by atoms with E-state index in [-0.39, 0.29) is 0 Å². The molecule has 0 aliphatic carbocycles. The molecular weight excluding hydrogens is 148 g/mol. The lowest BCUT2D eigenvalue weighted by Crippen LogP contribution is -2.15. The molecule has 1 atom stereocenters. The molecular formula is C10H15N2. The average Bonchev–Trinajstić information content (AvgIpc) is 2.16. The fourth-order valence-corrected chi connectivity index (χ4v) is 0.920. The molecule has 0 saturated heterocycles. The third-order valence-corrected chi connectivity index (χ3v) is 1.78. The molecule has 1 aromatic rings. The van der Waals surface area contributed by atoms with Crippen LogP contribution in [-0.2, 0) is 0 Å². The first-order valence-corrected chi connectivity index (χ1v) is 4.26. The average molecular weight is 163 g/mol. The molecule has 65 valence electrons. The first-order chi connectivity index (χ1) is 5.83. The van der Waals surface area contributed by atoms with Crippen LogP contribution in [0.2, 0.25) is 0 Å². The normalized spacial score (nSPS) is 12.5. The van der Waals surface area contributed by atoms with E-state index in [1.807, 2.05) is 30.3 Å². The van der Waals surface area contributed by atoms with E-state index in [1.54, 1.807) is 0 Å². The summed E-state index contributed by atoms with van der Waals surface area (Å²) < 4.78 is 0. The number of para-hydroxylation sites is 1. The third kappa shape index (κ3) is 2.93. The van der Waals surface area contributed by atoms with Gasteiger partial charge >= 0.3 is 0 Å². The summed E-state index contributed by atoms with van der Waals surface area (Å²) in [6, 6.07) is 10.1. The van der Waals surface area contributed by atoms with E-state index >= 15 is 0 Å². The summed E-state index contributed by atoms with van der Waals surface area (Å²) in [5, 5.41) is 3.28. The van der Waals surface area contributed by atoms with Crippen molar-refractivity contribution in [2.45, 2.75) is 6.92 Å². The van der Waals surface area contributed by atoms with Gasteiger partial charge in [-0.05, 0) is 18.1 Å². The molecule has 0 bridgehead atoms. The molecule has 1 radical (unpaired) electrons. The fraction of sp³-hybridized carbons (Fsp3) is 0.400. The molecule has 0 saturated carbocycles. The van der Waals surface area contributed by atoms with Crippen molar-refractivity contribution in [1.82, 2.24) is 5.73 Å². The van der Waals surface area contributed by atoms with Gasteiger partial charge in [0.25, 0.3) is 0 Å². The maximum Gasteiger partial charge on any atom is 0.0340 e. The summed E-state index contributed by atoms with van der Waals surface area (Å²) in [6.07, 6.45) is 0. The minimum absolute atomic E-state index is 0.421. The molecule has 1 rings (SSSR count). The Morgan fingerprint density at radius 2 is 2.00 bits per heavy atom. The Labute approximate surface area is 73.8 Å². The molecule has 0 aliphatic heterocycles. The molecule has 0 aromatic heterocycles. The lowest BCUT2D eigenvalue weighted by Gasteiger charge is -2.10. The summed E-state index contributed by atoms with van der Waals surface area (Å²) in [5.41, 5.74) is 8.27. The van der Waals surface area contributed by atoms with Crippen molar-refractivity contribution < 1.29 is 0 Å². The first kappa shape index (κ1) is 9.07. The molecule has 2 heteroatoms. The lowest BCUT2D eigenvalue weighted by molar-refractivity contribution is 0.618. The predicted molar refractivity (Wildman–Crippen MR) is 52.1 cm³/mol. The molecule has 2 N–H and O–H groups in total. The van der Waals surface area contributed by atoms with Gasteiger partial charge in [0.1, 0.15) is 0 Å². The molecule has 0 fully saturated rings. The summed E-state index contributed by atoms with van der Waals surface area (Å²) >= 11 is 0. The largest absolute Gasteiger partial charge is 0.385 e. The maximum absolute atomic E-state index is 7.13. The van der Waals surface area contributed by atoms with Gasteiger partial charge in [0, 0.05) is 18.8 Å². The fourth-order valence-electron chi connectivity index (χ4n) is 0.920. The van der Waals surface area contributed by atoms with Gasteiger partial charge in [0.05, 0.1) is 0 Å². The van der Waals surface area contributed by atoms with Gasteiger partial charge < -0.3 is 5.32 Å². The molecule has 0 amide bonds. The van der Waals surface area contributed by atoms with Gasteiger partial charge in [0.2, 0.25) is 0 Å². The molecule has 1 unspecified atom stereocenters. The zero-order valence-corrected chi connectivity index (χ0v) is 7.38. The Bertz CT molecular complexity index is 208. The van der Waals surface area contributed by atoms with E-state index in [0.717, 1.165) is 12.2 Å². The summed E-state index contributed by atoms with van der Waals surface area (Å²) in [4.78, 5) is 0. The maximum atomic E-state index is 7.13. The molecule has 1 aromatic carbocycles. The summed E-state index contributed by atoms with van der Waals surface area (Å²) in [6.45, 7) is 3.44. The van der Waals surface area contributed by atoms with E-state index in [4.69, 9.17) is 5.73 Å². The Kier molecular flexibility index (Phi) is 3.61. The SMILES string of the molecule is CC(C[NH])CNc1ccccc1. The van der Waals surface area contributed by atoms with Gasteiger partial charge in [-0.3, -0.25) is 5.73 Å². The van der Waals surface area contributed by atoms with Crippen LogP contribution in [0.1, 0.15) is 6.92 Å². The van der Waals surface area contributed by atoms with Crippen molar-refractivity contribution in [2.24, 2.45) is 5.92 Å². The standard InChI is InChI=1S/C10H15N2/c1-9(7-11)8-12-10-5-3-2-4-6-10/h2-6,9,11-12H,7-8H2,1H3. The Balaban J connectivity index is 2.33. The second-order valence-corrected chi connectivity index (χ2v) is 3.06. The highest BCUT2D eigenvalue weighted by Gasteiger charge is 1.97. The molecule has 0 spiro atoms. The minimum atomic E-state index is 0.421. The van der Waals surface area contributed by atoms with Crippen molar-refractivity contribution in [2.75, 3.05) is 18.4 Å². The summed E-state index contributed by atoms with van der Waals surface area (Å²) in [5.74, 6) is 0.421. The van der Waals surface area contributed by atoms with Gasteiger partial charge in [-0.2, -0.15) is 0 Å². The van der Waals surface area contributed by atoms with Crippen molar-refractivity contribution in [3.05, 3.63) is 30.3 Å². The van der Waals surface area contributed by atoms with Crippen LogP contribution in [0.4, 0.5) is 5.69 Å². The summed E-state index contributed by atoms with van der Waals surface area (Å²) in [7, 11) is 0. The van der Waals surface area contributed by atoms with Gasteiger partial charge in [0.15, 0.2) is 0 Å². The number of hydrogen-bond acceptors (Lipinski definition) is 1. The van der Waals surface area contributed by atoms with Gasteiger partial charge in [-0.25, -0.2) is 0 Å². The van der Waals surface area contributed by atoms with E-state index in [0.29, 0.717) is 12.5 Å². The second-order valence-electron chi connectivity index (χ2n) is 3.06. The second kappa shape index (κ2) is 4.78. The van der Waals surface area contributed by atoms with Crippen molar-refractivity contribution >= 4 is 5.69 Å². The van der Waals surface area contributed by atoms with Crippen LogP contribution in [0.25, 0.3) is 0 Å². The first-order valence-electron chi connectivity index (χ1n) is 4.26. The molecule has 12 heavy (non-hydrogen) atoms. The topological polar surface area (TPSA) is 35.8 Å². The van der Waals surface area contributed by atoms with E-state index < -0.39 is 0 Å². The quantitative estimate of drug-likeness (QED) is 0.724. The smallest absolute Gasteiger partial charge is 0.0340 e. The molecule has 2 nitrogen and oxygen atoms in total. The lowest BCUT2D eigenvalue weighted by atomic mass is 10.2. The number of benzene rings is 1. The Morgan fingerprint density at radius 1 is 1.33 bits per heavy atom. The van der Waals surface area contributed by atoms with Crippen LogP contribution in [0.3, 0.4) is 0 Å². The minimum Gasteiger partial charge on any atom is -0.385 e. The highest BCUT2D eigenvalue weighted by Crippen LogP contribution is 2.05. The molecule has 0 heterocycles. The number of anilines is 1. The van der Waals surface area contributed by atoms with Crippen LogP contribution in [-0.4, -0.2) is 13.1 Å². The van der Waals surface area contributed by atoms with Crippen molar-refractivity contribution in [1.29, 1.82) is 0 Å². The van der Waals surface area contributed by atoms with Crippen LogP contribution in [0.5, 0.6) is 0 Å². The van der Waals surface area contributed by atoms with Gasteiger partial charge in [-0.15, -0.1) is 0 Å². The van der Waals surface area contributed by atoms with Gasteiger partial charge in [-0.1, -0.05) is 25.1 Å². The third-order valence-electron chi connectivity index (χ3n) is 1.78. The highest BCUT2D eigenvalue weighted by molar-refractivity contribution is 5.42.